The molecule has 116 valence electrons. The molecule has 0 radical (unpaired) electrons. The van der Waals surface area contributed by atoms with Gasteiger partial charge in [-0.15, -0.1) is 0 Å². The number of nitrogens with two attached hydrogens (primary N) is 1. The number of benzene rings is 1. The molecular formula is C16H23FN2O2. The van der Waals surface area contributed by atoms with Gasteiger partial charge in [-0.2, -0.15) is 0 Å². The molecule has 1 fully saturated rings. The molecule has 1 aromatic rings. The van der Waals surface area contributed by atoms with E-state index in [9.17, 15) is 9.18 Å². The van der Waals surface area contributed by atoms with Crippen molar-refractivity contribution in [2.45, 2.75) is 32.9 Å². The topological polar surface area (TPSA) is 55.6 Å². The smallest absolute Gasteiger partial charge is 0.309 e. The molecule has 1 aliphatic rings. The van der Waals surface area contributed by atoms with Gasteiger partial charge < -0.3 is 10.5 Å². The Labute approximate surface area is 125 Å². The van der Waals surface area contributed by atoms with Gasteiger partial charge in [-0.3, -0.25) is 9.69 Å². The highest BCUT2D eigenvalue weighted by Gasteiger charge is 2.26. The third kappa shape index (κ3) is 4.25. The molecular weight excluding hydrogens is 271 g/mol. The van der Waals surface area contributed by atoms with Gasteiger partial charge in [0.15, 0.2) is 0 Å². The predicted molar refractivity (Wildman–Crippen MR) is 78.9 cm³/mol. The van der Waals surface area contributed by atoms with E-state index in [2.05, 4.69) is 4.90 Å². The molecule has 2 rings (SSSR count). The Kier molecular flexibility index (Phi) is 5.70. The number of rotatable bonds is 5. The molecule has 5 heteroatoms. The molecule has 1 heterocycles. The lowest BCUT2D eigenvalue weighted by Gasteiger charge is -2.30. The molecule has 0 aliphatic carbocycles. The van der Waals surface area contributed by atoms with E-state index < -0.39 is 0 Å². The van der Waals surface area contributed by atoms with E-state index in [1.807, 2.05) is 13.0 Å². The fourth-order valence-electron chi connectivity index (χ4n) is 2.67. The lowest BCUT2D eigenvalue weighted by Crippen LogP contribution is -2.36. The van der Waals surface area contributed by atoms with Gasteiger partial charge in [-0.25, -0.2) is 4.39 Å². The molecule has 1 aliphatic heterocycles. The molecule has 4 nitrogen and oxygen atoms in total. The van der Waals surface area contributed by atoms with Crippen LogP contribution in [0.5, 0.6) is 0 Å². The van der Waals surface area contributed by atoms with E-state index >= 15 is 0 Å². The van der Waals surface area contributed by atoms with E-state index in [0.717, 1.165) is 31.5 Å². The second kappa shape index (κ2) is 7.52. The van der Waals surface area contributed by atoms with Gasteiger partial charge in [0.25, 0.3) is 0 Å². The summed E-state index contributed by atoms with van der Waals surface area (Å²) in [6.07, 6.45) is 1.56. The van der Waals surface area contributed by atoms with Gasteiger partial charge in [0, 0.05) is 18.7 Å². The minimum atomic E-state index is -0.203. The lowest BCUT2D eigenvalue weighted by molar-refractivity contribution is -0.149. The SMILES string of the molecule is CCOC(=O)C1CCN(Cc2ccc(CN)cc2F)CC1. The van der Waals surface area contributed by atoms with E-state index in [1.165, 1.54) is 6.07 Å². The van der Waals surface area contributed by atoms with Crippen molar-refractivity contribution in [1.29, 1.82) is 0 Å². The quantitative estimate of drug-likeness (QED) is 0.845. The number of halogens is 1. The highest BCUT2D eigenvalue weighted by Crippen LogP contribution is 2.21. The van der Waals surface area contributed by atoms with Gasteiger partial charge >= 0.3 is 5.97 Å². The number of carbonyl (C=O) groups is 1. The number of ether oxygens (including phenoxy) is 1. The zero-order chi connectivity index (χ0) is 15.2. The molecule has 2 N–H and O–H groups in total. The molecule has 1 aromatic carbocycles. The summed E-state index contributed by atoms with van der Waals surface area (Å²) in [5, 5.41) is 0. The lowest BCUT2D eigenvalue weighted by atomic mass is 9.96. The van der Waals surface area contributed by atoms with Crippen molar-refractivity contribution in [3.63, 3.8) is 0 Å². The first-order valence-corrected chi connectivity index (χ1v) is 7.50. The first kappa shape index (κ1) is 15.9. The van der Waals surface area contributed by atoms with Crippen LogP contribution >= 0.6 is 0 Å². The Morgan fingerprint density at radius 2 is 2.14 bits per heavy atom. The summed E-state index contributed by atoms with van der Waals surface area (Å²) < 4.78 is 19.0. The Bertz CT molecular complexity index is 485. The molecule has 0 saturated carbocycles. The van der Waals surface area contributed by atoms with Crippen LogP contribution in [-0.4, -0.2) is 30.6 Å². The minimum absolute atomic E-state index is 0.00865. The summed E-state index contributed by atoms with van der Waals surface area (Å²) in [5.74, 6) is -0.313. The summed E-state index contributed by atoms with van der Waals surface area (Å²) in [6, 6.07) is 5.17. The van der Waals surface area contributed by atoms with Crippen LogP contribution in [0.4, 0.5) is 4.39 Å². The van der Waals surface area contributed by atoms with Crippen LogP contribution in [-0.2, 0) is 22.6 Å². The Balaban J connectivity index is 1.87. The highest BCUT2D eigenvalue weighted by atomic mass is 19.1. The van der Waals surface area contributed by atoms with Gasteiger partial charge in [0.2, 0.25) is 0 Å². The normalized spacial score (nSPS) is 16.9. The number of nitrogens with zero attached hydrogens (tertiary/aromatic N) is 1. The summed E-state index contributed by atoms with van der Waals surface area (Å²) in [6.45, 7) is 4.76. The number of carbonyl (C=O) groups excluding carboxylic acids is 1. The van der Waals surface area contributed by atoms with Crippen molar-refractivity contribution in [2.75, 3.05) is 19.7 Å². The van der Waals surface area contributed by atoms with E-state index in [-0.39, 0.29) is 17.7 Å². The van der Waals surface area contributed by atoms with Crippen LogP contribution in [0.3, 0.4) is 0 Å². The zero-order valence-corrected chi connectivity index (χ0v) is 12.5. The Hall–Kier alpha value is -1.46. The monoisotopic (exact) mass is 294 g/mol. The van der Waals surface area contributed by atoms with Crippen molar-refractivity contribution < 1.29 is 13.9 Å². The van der Waals surface area contributed by atoms with Crippen LogP contribution in [0.15, 0.2) is 18.2 Å². The van der Waals surface area contributed by atoms with Gasteiger partial charge in [-0.05, 0) is 44.5 Å². The van der Waals surface area contributed by atoms with E-state index in [4.69, 9.17) is 10.5 Å². The molecule has 0 atom stereocenters. The molecule has 1 saturated heterocycles. The van der Waals surface area contributed by atoms with E-state index in [0.29, 0.717) is 25.3 Å². The average Bonchev–Trinajstić information content (AvgIpc) is 2.50. The summed E-state index contributed by atoms with van der Waals surface area (Å²) >= 11 is 0. The van der Waals surface area contributed by atoms with Crippen LogP contribution in [0.25, 0.3) is 0 Å². The standard InChI is InChI=1S/C16H23FN2O2/c1-2-21-16(20)13-5-7-19(8-6-13)11-14-4-3-12(10-18)9-15(14)17/h3-4,9,13H,2,5-8,10-11,18H2,1H3. The number of likely N-dealkylation sites (tertiary alicyclic amines) is 1. The second-order valence-electron chi connectivity index (χ2n) is 5.43. The van der Waals surface area contributed by atoms with Crippen LogP contribution in [0.1, 0.15) is 30.9 Å². The maximum absolute atomic E-state index is 13.9. The fraction of sp³-hybridized carbons (Fsp3) is 0.562. The van der Waals surface area contributed by atoms with Gasteiger partial charge in [0.05, 0.1) is 12.5 Å². The number of piperidine rings is 1. The van der Waals surface area contributed by atoms with Crippen molar-refractivity contribution in [3.8, 4) is 0 Å². The van der Waals surface area contributed by atoms with Crippen LogP contribution in [0.2, 0.25) is 0 Å². The maximum atomic E-state index is 13.9. The number of hydrogen-bond acceptors (Lipinski definition) is 4. The first-order chi connectivity index (χ1) is 10.1. The zero-order valence-electron chi connectivity index (χ0n) is 12.5. The Morgan fingerprint density at radius 1 is 1.43 bits per heavy atom. The third-order valence-electron chi connectivity index (χ3n) is 3.95. The second-order valence-corrected chi connectivity index (χ2v) is 5.43. The predicted octanol–water partition coefficient (Wildman–Crippen LogP) is 2.06. The number of hydrogen-bond donors (Lipinski definition) is 1. The van der Waals surface area contributed by atoms with Gasteiger partial charge in [0.1, 0.15) is 5.82 Å². The van der Waals surface area contributed by atoms with Gasteiger partial charge in [-0.1, -0.05) is 12.1 Å². The largest absolute Gasteiger partial charge is 0.466 e. The summed E-state index contributed by atoms with van der Waals surface area (Å²) in [5.41, 5.74) is 6.99. The average molecular weight is 294 g/mol. The van der Waals surface area contributed by atoms with Crippen LogP contribution in [0, 0.1) is 11.7 Å². The maximum Gasteiger partial charge on any atom is 0.309 e. The summed E-state index contributed by atoms with van der Waals surface area (Å²) in [4.78, 5) is 13.9. The third-order valence-corrected chi connectivity index (χ3v) is 3.95. The molecule has 21 heavy (non-hydrogen) atoms. The molecule has 0 bridgehead atoms. The molecule has 0 aromatic heterocycles. The first-order valence-electron chi connectivity index (χ1n) is 7.50. The highest BCUT2D eigenvalue weighted by molar-refractivity contribution is 5.72. The number of esters is 1. The van der Waals surface area contributed by atoms with Crippen molar-refractivity contribution in [3.05, 3.63) is 35.1 Å². The fourth-order valence-corrected chi connectivity index (χ4v) is 2.67. The Morgan fingerprint density at radius 3 is 2.71 bits per heavy atom. The molecule has 0 spiro atoms. The van der Waals surface area contributed by atoms with Crippen molar-refractivity contribution >= 4 is 5.97 Å². The van der Waals surface area contributed by atoms with Crippen molar-refractivity contribution in [2.24, 2.45) is 11.7 Å². The molecule has 0 amide bonds. The molecule has 0 unspecified atom stereocenters. The van der Waals surface area contributed by atoms with E-state index in [1.54, 1.807) is 6.07 Å². The van der Waals surface area contributed by atoms with Crippen molar-refractivity contribution in [1.82, 2.24) is 4.90 Å². The summed E-state index contributed by atoms with van der Waals surface area (Å²) in [7, 11) is 0. The van der Waals surface area contributed by atoms with Crippen LogP contribution < -0.4 is 5.73 Å². The minimum Gasteiger partial charge on any atom is -0.466 e.